The lowest BCUT2D eigenvalue weighted by Gasteiger charge is -2.01. The van der Waals surface area contributed by atoms with E-state index in [1.165, 1.54) is 57.8 Å². The SMILES string of the molecule is CCCCCC(=O)OCC.CCCCCCCC(=O)OCC.CCCCCCCCCC(=O)OCC. The van der Waals surface area contributed by atoms with Crippen LogP contribution in [0, 0.1) is 0 Å². The maximum atomic E-state index is 11.0. The van der Waals surface area contributed by atoms with Crippen molar-refractivity contribution in [2.75, 3.05) is 19.8 Å². The molecule has 0 aliphatic rings. The van der Waals surface area contributed by atoms with Gasteiger partial charge in [0.25, 0.3) is 0 Å². The van der Waals surface area contributed by atoms with Crippen LogP contribution in [0.1, 0.15) is 157 Å². The van der Waals surface area contributed by atoms with E-state index in [-0.39, 0.29) is 17.9 Å². The quantitative estimate of drug-likeness (QED) is 0.0862. The van der Waals surface area contributed by atoms with Crippen LogP contribution in [0.15, 0.2) is 0 Å². The first-order chi connectivity index (χ1) is 17.4. The van der Waals surface area contributed by atoms with Crippen LogP contribution in [0.4, 0.5) is 0 Å². The van der Waals surface area contributed by atoms with E-state index in [1.807, 2.05) is 20.8 Å². The van der Waals surface area contributed by atoms with Crippen LogP contribution in [0.25, 0.3) is 0 Å². The Labute approximate surface area is 223 Å². The number of hydrogen-bond donors (Lipinski definition) is 0. The molecule has 0 atom stereocenters. The highest BCUT2D eigenvalue weighted by molar-refractivity contribution is 5.69. The van der Waals surface area contributed by atoms with Gasteiger partial charge in [0.15, 0.2) is 0 Å². The van der Waals surface area contributed by atoms with E-state index in [1.54, 1.807) is 0 Å². The summed E-state index contributed by atoms with van der Waals surface area (Å²) in [7, 11) is 0. The summed E-state index contributed by atoms with van der Waals surface area (Å²) in [6.45, 7) is 13.6. The normalized spacial score (nSPS) is 9.83. The van der Waals surface area contributed by atoms with Crippen molar-refractivity contribution in [1.29, 1.82) is 0 Å². The smallest absolute Gasteiger partial charge is 0.305 e. The highest BCUT2D eigenvalue weighted by Gasteiger charge is 2.01. The van der Waals surface area contributed by atoms with Gasteiger partial charge < -0.3 is 14.2 Å². The van der Waals surface area contributed by atoms with Crippen molar-refractivity contribution in [1.82, 2.24) is 0 Å². The zero-order valence-electron chi connectivity index (χ0n) is 24.8. The fraction of sp³-hybridized carbons (Fsp3) is 0.900. The minimum absolute atomic E-state index is 0.0407. The summed E-state index contributed by atoms with van der Waals surface area (Å²) >= 11 is 0. The Morgan fingerprint density at radius 2 is 0.583 bits per heavy atom. The molecule has 0 aliphatic carbocycles. The highest BCUT2D eigenvalue weighted by Crippen LogP contribution is 2.08. The number of carbonyl (C=O) groups excluding carboxylic acids is 3. The Bertz CT molecular complexity index is 464. The maximum Gasteiger partial charge on any atom is 0.305 e. The Morgan fingerprint density at radius 1 is 0.361 bits per heavy atom. The minimum atomic E-state index is -0.0593. The van der Waals surface area contributed by atoms with Gasteiger partial charge in [0.05, 0.1) is 19.8 Å². The average molecular weight is 517 g/mol. The summed E-state index contributed by atoms with van der Waals surface area (Å²) in [5, 5.41) is 0. The minimum Gasteiger partial charge on any atom is -0.466 e. The zero-order chi connectivity index (χ0) is 27.7. The standard InChI is InChI=1S/C12H24O2.C10H20O2.C8H16O2/c1-3-5-6-7-8-9-10-11-12(13)14-4-2;1-3-5-6-7-8-9-10(11)12-4-2;1-3-5-6-7-8(9)10-4-2/h3-11H2,1-2H3;3-9H2,1-2H3;3-7H2,1-2H3. The largest absolute Gasteiger partial charge is 0.466 e. The molecule has 0 aromatic heterocycles. The van der Waals surface area contributed by atoms with E-state index in [9.17, 15) is 14.4 Å². The second-order valence-electron chi connectivity index (χ2n) is 8.91. The summed E-state index contributed by atoms with van der Waals surface area (Å²) in [6.07, 6.45) is 19.7. The van der Waals surface area contributed by atoms with E-state index < -0.39 is 0 Å². The lowest BCUT2D eigenvalue weighted by atomic mass is 10.1. The topological polar surface area (TPSA) is 78.9 Å². The van der Waals surface area contributed by atoms with Gasteiger partial charge >= 0.3 is 17.9 Å². The molecule has 216 valence electrons. The summed E-state index contributed by atoms with van der Waals surface area (Å²) in [5.74, 6) is -0.147. The Balaban J connectivity index is -0.000000460. The first kappa shape index (κ1) is 38.9. The third-order valence-corrected chi connectivity index (χ3v) is 5.37. The third-order valence-electron chi connectivity index (χ3n) is 5.37. The monoisotopic (exact) mass is 516 g/mol. The molecule has 0 aromatic carbocycles. The Morgan fingerprint density at radius 3 is 0.861 bits per heavy atom. The zero-order valence-corrected chi connectivity index (χ0v) is 24.8. The van der Waals surface area contributed by atoms with Crippen molar-refractivity contribution < 1.29 is 28.6 Å². The first-order valence-corrected chi connectivity index (χ1v) is 14.9. The molecule has 36 heavy (non-hydrogen) atoms. The van der Waals surface area contributed by atoms with E-state index >= 15 is 0 Å². The van der Waals surface area contributed by atoms with Gasteiger partial charge in [0, 0.05) is 19.3 Å². The summed E-state index contributed by atoms with van der Waals surface area (Å²) in [4.78, 5) is 32.5. The van der Waals surface area contributed by atoms with Crippen molar-refractivity contribution in [3.8, 4) is 0 Å². The number of ether oxygens (including phenoxy) is 3. The second-order valence-corrected chi connectivity index (χ2v) is 8.91. The Kier molecular flexibility index (Phi) is 38.5. The number of esters is 3. The van der Waals surface area contributed by atoms with Gasteiger partial charge in [0.1, 0.15) is 0 Å². The lowest BCUT2D eigenvalue weighted by molar-refractivity contribution is -0.144. The molecule has 0 saturated carbocycles. The fourth-order valence-electron chi connectivity index (χ4n) is 3.32. The maximum absolute atomic E-state index is 11.0. The van der Waals surface area contributed by atoms with Gasteiger partial charge in [-0.3, -0.25) is 14.4 Å². The predicted molar refractivity (Wildman–Crippen MR) is 150 cm³/mol. The molecule has 0 aliphatic heterocycles. The molecule has 0 radical (unpaired) electrons. The molecule has 0 saturated heterocycles. The molecular formula is C30H60O6. The van der Waals surface area contributed by atoms with Gasteiger partial charge in [-0.1, -0.05) is 97.8 Å². The van der Waals surface area contributed by atoms with Crippen LogP contribution < -0.4 is 0 Å². The average Bonchev–Trinajstić information content (AvgIpc) is 2.85. The summed E-state index contributed by atoms with van der Waals surface area (Å²) in [5.41, 5.74) is 0. The molecule has 0 rings (SSSR count). The molecule has 0 fully saturated rings. The van der Waals surface area contributed by atoms with Gasteiger partial charge in [0.2, 0.25) is 0 Å². The lowest BCUT2D eigenvalue weighted by Crippen LogP contribution is -2.03. The van der Waals surface area contributed by atoms with Gasteiger partial charge in [-0.05, 0) is 40.0 Å². The molecular weight excluding hydrogens is 456 g/mol. The predicted octanol–water partition coefficient (Wildman–Crippen LogP) is 8.73. The van der Waals surface area contributed by atoms with Crippen LogP contribution in [0.5, 0.6) is 0 Å². The molecule has 0 N–H and O–H groups in total. The number of unbranched alkanes of at least 4 members (excludes halogenated alkanes) is 12. The molecule has 0 heterocycles. The molecule has 0 spiro atoms. The number of rotatable bonds is 21. The van der Waals surface area contributed by atoms with E-state index in [2.05, 4.69) is 20.8 Å². The molecule has 0 unspecified atom stereocenters. The number of hydrogen-bond acceptors (Lipinski definition) is 6. The summed E-state index contributed by atoms with van der Waals surface area (Å²) in [6, 6.07) is 0. The van der Waals surface area contributed by atoms with Crippen LogP contribution in [-0.4, -0.2) is 37.7 Å². The van der Waals surface area contributed by atoms with Gasteiger partial charge in [-0.2, -0.15) is 0 Å². The van der Waals surface area contributed by atoms with Crippen LogP contribution in [0.3, 0.4) is 0 Å². The molecule has 0 aromatic rings. The van der Waals surface area contributed by atoms with Crippen LogP contribution in [-0.2, 0) is 28.6 Å². The molecule has 6 heteroatoms. The second kappa shape index (κ2) is 35.6. The van der Waals surface area contributed by atoms with Crippen molar-refractivity contribution in [2.24, 2.45) is 0 Å². The number of carbonyl (C=O) groups is 3. The van der Waals surface area contributed by atoms with E-state index in [4.69, 9.17) is 14.2 Å². The molecule has 6 nitrogen and oxygen atoms in total. The van der Waals surface area contributed by atoms with Crippen molar-refractivity contribution in [2.45, 2.75) is 157 Å². The van der Waals surface area contributed by atoms with Crippen LogP contribution >= 0.6 is 0 Å². The molecule has 0 amide bonds. The van der Waals surface area contributed by atoms with Crippen molar-refractivity contribution >= 4 is 17.9 Å². The first-order valence-electron chi connectivity index (χ1n) is 14.9. The third kappa shape index (κ3) is 39.6. The van der Waals surface area contributed by atoms with E-state index in [0.717, 1.165) is 38.5 Å². The van der Waals surface area contributed by atoms with Crippen molar-refractivity contribution in [3.63, 3.8) is 0 Å². The van der Waals surface area contributed by atoms with E-state index in [0.29, 0.717) is 39.1 Å². The van der Waals surface area contributed by atoms with Crippen LogP contribution in [0.2, 0.25) is 0 Å². The van der Waals surface area contributed by atoms with Crippen molar-refractivity contribution in [3.05, 3.63) is 0 Å². The Hall–Kier alpha value is -1.59. The molecule has 0 bridgehead atoms. The van der Waals surface area contributed by atoms with Gasteiger partial charge in [-0.15, -0.1) is 0 Å². The van der Waals surface area contributed by atoms with Gasteiger partial charge in [-0.25, -0.2) is 0 Å². The highest BCUT2D eigenvalue weighted by atomic mass is 16.5. The summed E-state index contributed by atoms with van der Waals surface area (Å²) < 4.78 is 14.4. The fourth-order valence-corrected chi connectivity index (χ4v) is 3.32.